The molecule has 1 aliphatic rings. The summed E-state index contributed by atoms with van der Waals surface area (Å²) >= 11 is 0. The fourth-order valence-corrected chi connectivity index (χ4v) is 3.03. The molecule has 0 radical (unpaired) electrons. The van der Waals surface area contributed by atoms with Gasteiger partial charge >= 0.3 is 0 Å². The second-order valence-electron chi connectivity index (χ2n) is 5.72. The average Bonchev–Trinajstić information content (AvgIpc) is 3.02. The van der Waals surface area contributed by atoms with Crippen molar-refractivity contribution in [2.24, 2.45) is 0 Å². The van der Waals surface area contributed by atoms with E-state index in [1.807, 2.05) is 30.0 Å². The number of aromatic amines is 1. The summed E-state index contributed by atoms with van der Waals surface area (Å²) < 4.78 is 0. The molecule has 2 N–H and O–H groups in total. The molecule has 1 aliphatic heterocycles. The molecule has 2 aromatic rings. The molecule has 0 aliphatic carbocycles. The van der Waals surface area contributed by atoms with E-state index in [9.17, 15) is 9.59 Å². The van der Waals surface area contributed by atoms with Gasteiger partial charge in [0.15, 0.2) is 0 Å². The molecule has 6 heteroatoms. The Morgan fingerprint density at radius 2 is 2.22 bits per heavy atom. The molecule has 0 atom stereocenters. The molecule has 0 saturated heterocycles. The highest BCUT2D eigenvalue weighted by atomic mass is 16.2. The Bertz CT molecular complexity index is 751. The zero-order valence-corrected chi connectivity index (χ0v) is 13.3. The number of aryl methyl sites for hydroxylation is 1. The third-order valence-corrected chi connectivity index (χ3v) is 4.17. The molecule has 0 fully saturated rings. The van der Waals surface area contributed by atoms with E-state index < -0.39 is 0 Å². The minimum absolute atomic E-state index is 0.00572. The van der Waals surface area contributed by atoms with Gasteiger partial charge in [-0.05, 0) is 30.0 Å². The molecule has 0 unspecified atom stereocenters. The van der Waals surface area contributed by atoms with Gasteiger partial charge in [-0.25, -0.2) is 0 Å². The van der Waals surface area contributed by atoms with Crippen LogP contribution in [0.5, 0.6) is 0 Å². The maximum Gasteiger partial charge on any atom is 0.257 e. The molecule has 23 heavy (non-hydrogen) atoms. The van der Waals surface area contributed by atoms with Gasteiger partial charge in [-0.2, -0.15) is 5.10 Å². The average molecular weight is 312 g/mol. The van der Waals surface area contributed by atoms with Crippen molar-refractivity contribution in [3.63, 3.8) is 0 Å². The van der Waals surface area contributed by atoms with E-state index in [1.165, 1.54) is 6.92 Å². The summed E-state index contributed by atoms with van der Waals surface area (Å²) in [7, 11) is 0. The van der Waals surface area contributed by atoms with Crippen LogP contribution in [-0.2, 0) is 24.2 Å². The van der Waals surface area contributed by atoms with Crippen LogP contribution in [0.15, 0.2) is 24.4 Å². The zero-order chi connectivity index (χ0) is 16.4. The maximum atomic E-state index is 12.7. The quantitative estimate of drug-likeness (QED) is 0.911. The number of amides is 2. The minimum Gasteiger partial charge on any atom is -0.334 e. The van der Waals surface area contributed by atoms with Gasteiger partial charge in [0.1, 0.15) is 0 Å². The van der Waals surface area contributed by atoms with Crippen molar-refractivity contribution >= 4 is 17.5 Å². The van der Waals surface area contributed by atoms with Crippen LogP contribution in [0.1, 0.15) is 41.0 Å². The summed E-state index contributed by atoms with van der Waals surface area (Å²) in [5.41, 5.74) is 4.56. The number of fused-ring (bicyclic) bond motifs is 1. The van der Waals surface area contributed by atoms with E-state index >= 15 is 0 Å². The van der Waals surface area contributed by atoms with Gasteiger partial charge in [-0.15, -0.1) is 0 Å². The molecule has 0 bridgehead atoms. The van der Waals surface area contributed by atoms with Crippen molar-refractivity contribution in [1.29, 1.82) is 0 Å². The number of benzene rings is 1. The van der Waals surface area contributed by atoms with Crippen LogP contribution in [0.2, 0.25) is 0 Å². The van der Waals surface area contributed by atoms with Crippen LogP contribution in [-0.4, -0.2) is 33.5 Å². The number of carbonyl (C=O) groups is 2. The number of hydrogen-bond acceptors (Lipinski definition) is 3. The molecule has 120 valence electrons. The summed E-state index contributed by atoms with van der Waals surface area (Å²) in [6.45, 7) is 4.69. The van der Waals surface area contributed by atoms with E-state index in [0.29, 0.717) is 18.7 Å². The normalized spacial score (nSPS) is 13.6. The summed E-state index contributed by atoms with van der Waals surface area (Å²) in [6.07, 6.45) is 3.08. The number of nitrogens with zero attached hydrogens (tertiary/aromatic N) is 2. The Balaban J connectivity index is 1.83. The van der Waals surface area contributed by atoms with Crippen molar-refractivity contribution in [2.45, 2.75) is 33.2 Å². The van der Waals surface area contributed by atoms with Crippen LogP contribution in [0.25, 0.3) is 0 Å². The molecule has 2 amide bonds. The third-order valence-electron chi connectivity index (χ3n) is 4.17. The smallest absolute Gasteiger partial charge is 0.257 e. The summed E-state index contributed by atoms with van der Waals surface area (Å²) in [4.78, 5) is 25.9. The molecule has 0 spiro atoms. The maximum absolute atomic E-state index is 12.7. The van der Waals surface area contributed by atoms with Gasteiger partial charge in [0.05, 0.1) is 11.8 Å². The highest BCUT2D eigenvalue weighted by molar-refractivity contribution is 5.95. The Morgan fingerprint density at radius 1 is 1.39 bits per heavy atom. The predicted octanol–water partition coefficient (Wildman–Crippen LogP) is 2.13. The summed E-state index contributed by atoms with van der Waals surface area (Å²) in [6, 6.07) is 5.83. The summed E-state index contributed by atoms with van der Waals surface area (Å²) in [5, 5.41) is 9.73. The van der Waals surface area contributed by atoms with Crippen LogP contribution in [0.3, 0.4) is 0 Å². The fourth-order valence-electron chi connectivity index (χ4n) is 3.03. The lowest BCUT2D eigenvalue weighted by molar-refractivity contribution is -0.114. The fraction of sp³-hybridized carbons (Fsp3) is 0.353. The van der Waals surface area contributed by atoms with Crippen molar-refractivity contribution in [2.75, 3.05) is 11.9 Å². The third kappa shape index (κ3) is 2.97. The SMILES string of the molecule is CCc1[nH]ncc1C(=O)N1CCc2c(cccc2NC(C)=O)C1. The largest absolute Gasteiger partial charge is 0.334 e. The van der Waals surface area contributed by atoms with Crippen LogP contribution >= 0.6 is 0 Å². The zero-order valence-electron chi connectivity index (χ0n) is 13.3. The van der Waals surface area contributed by atoms with Gasteiger partial charge in [-0.1, -0.05) is 19.1 Å². The van der Waals surface area contributed by atoms with Crippen LogP contribution < -0.4 is 5.32 Å². The first-order chi connectivity index (χ1) is 11.1. The first-order valence-corrected chi connectivity index (χ1v) is 7.80. The Labute approximate surface area is 134 Å². The number of anilines is 1. The molecule has 1 aromatic heterocycles. The number of rotatable bonds is 3. The van der Waals surface area contributed by atoms with Gasteiger partial charge in [0.25, 0.3) is 5.91 Å². The number of hydrogen-bond donors (Lipinski definition) is 2. The lowest BCUT2D eigenvalue weighted by Gasteiger charge is -2.30. The van der Waals surface area contributed by atoms with E-state index in [1.54, 1.807) is 6.20 Å². The second-order valence-corrected chi connectivity index (χ2v) is 5.72. The minimum atomic E-state index is -0.0807. The molecular weight excluding hydrogens is 292 g/mol. The highest BCUT2D eigenvalue weighted by Gasteiger charge is 2.25. The second kappa shape index (κ2) is 6.24. The lowest BCUT2D eigenvalue weighted by atomic mass is 9.97. The van der Waals surface area contributed by atoms with Gasteiger partial charge < -0.3 is 10.2 Å². The Morgan fingerprint density at radius 3 is 2.96 bits per heavy atom. The number of nitrogens with one attached hydrogen (secondary N) is 2. The topological polar surface area (TPSA) is 78.1 Å². The van der Waals surface area contributed by atoms with E-state index in [2.05, 4.69) is 15.5 Å². The number of aromatic nitrogens is 2. The van der Waals surface area contributed by atoms with Crippen molar-refractivity contribution in [3.05, 3.63) is 46.8 Å². The van der Waals surface area contributed by atoms with E-state index in [0.717, 1.165) is 35.3 Å². The first-order valence-electron chi connectivity index (χ1n) is 7.80. The van der Waals surface area contributed by atoms with E-state index in [4.69, 9.17) is 0 Å². The molecule has 3 rings (SSSR count). The molecule has 0 saturated carbocycles. The Kier molecular flexibility index (Phi) is 4.14. The van der Waals surface area contributed by atoms with Crippen molar-refractivity contribution < 1.29 is 9.59 Å². The Hall–Kier alpha value is -2.63. The summed E-state index contributed by atoms with van der Waals surface area (Å²) in [5.74, 6) is -0.0749. The lowest BCUT2D eigenvalue weighted by Crippen LogP contribution is -2.36. The van der Waals surface area contributed by atoms with Crippen molar-refractivity contribution in [3.8, 4) is 0 Å². The molecule has 1 aromatic carbocycles. The monoisotopic (exact) mass is 312 g/mol. The van der Waals surface area contributed by atoms with Gasteiger partial charge in [0, 0.05) is 31.4 Å². The standard InChI is InChI=1S/C17H20N4O2/c1-3-15-14(9-18-20-15)17(23)21-8-7-13-12(10-21)5-4-6-16(13)19-11(2)22/h4-6,9H,3,7-8,10H2,1-2H3,(H,18,20)(H,19,22). The highest BCUT2D eigenvalue weighted by Crippen LogP contribution is 2.27. The number of H-pyrrole nitrogens is 1. The molecule has 6 nitrogen and oxygen atoms in total. The van der Waals surface area contributed by atoms with Crippen LogP contribution in [0.4, 0.5) is 5.69 Å². The first kappa shape index (κ1) is 15.3. The molecule has 2 heterocycles. The van der Waals surface area contributed by atoms with E-state index in [-0.39, 0.29) is 11.8 Å². The van der Waals surface area contributed by atoms with Crippen LogP contribution in [0, 0.1) is 0 Å². The molecular formula is C17H20N4O2. The predicted molar refractivity (Wildman–Crippen MR) is 87.2 cm³/mol. The van der Waals surface area contributed by atoms with Gasteiger partial charge in [0.2, 0.25) is 5.91 Å². The van der Waals surface area contributed by atoms with Crippen molar-refractivity contribution in [1.82, 2.24) is 15.1 Å². The number of carbonyl (C=O) groups excluding carboxylic acids is 2. The van der Waals surface area contributed by atoms with Gasteiger partial charge in [-0.3, -0.25) is 14.7 Å².